The van der Waals surface area contributed by atoms with Gasteiger partial charge in [-0.15, -0.1) is 0 Å². The SMILES string of the molecule is CCCCCCCCCCCCOS(=O)(=O)O.N[C@H]1CC[C@@H](c2ccc(Cl)c(Cl)c2)c2ccccc21. The molecule has 3 N–H and O–H groups in total. The Kier molecular flexibility index (Phi) is 14.4. The lowest BCUT2D eigenvalue weighted by molar-refractivity contribution is 0.261. The minimum atomic E-state index is -4.23. The molecule has 1 aliphatic carbocycles. The van der Waals surface area contributed by atoms with Crippen LogP contribution in [0.3, 0.4) is 0 Å². The fourth-order valence-corrected chi connectivity index (χ4v) is 5.29. The van der Waals surface area contributed by atoms with E-state index in [0.29, 0.717) is 22.4 Å². The maximum atomic E-state index is 10.2. The molecule has 1 aliphatic rings. The van der Waals surface area contributed by atoms with Crippen molar-refractivity contribution in [2.75, 3.05) is 6.61 Å². The maximum absolute atomic E-state index is 10.2. The van der Waals surface area contributed by atoms with Gasteiger partial charge in [0.1, 0.15) is 0 Å². The fourth-order valence-electron chi connectivity index (χ4n) is 4.65. The zero-order valence-electron chi connectivity index (χ0n) is 21.3. The summed E-state index contributed by atoms with van der Waals surface area (Å²) < 4.78 is 33.0. The van der Waals surface area contributed by atoms with Gasteiger partial charge in [-0.25, -0.2) is 4.18 Å². The van der Waals surface area contributed by atoms with Gasteiger partial charge in [0.2, 0.25) is 0 Å². The van der Waals surface area contributed by atoms with Crippen molar-refractivity contribution in [3.63, 3.8) is 0 Å². The fraction of sp³-hybridized carbons (Fsp3) is 0.571. The Balaban J connectivity index is 0.000000256. The molecule has 0 heterocycles. The Morgan fingerprint density at radius 1 is 0.861 bits per heavy atom. The summed E-state index contributed by atoms with van der Waals surface area (Å²) in [4.78, 5) is 0. The van der Waals surface area contributed by atoms with Crippen LogP contribution in [-0.2, 0) is 14.6 Å². The van der Waals surface area contributed by atoms with E-state index in [1.165, 1.54) is 61.6 Å². The monoisotopic (exact) mass is 557 g/mol. The molecule has 36 heavy (non-hydrogen) atoms. The Bertz CT molecular complexity index is 1020. The molecule has 0 fully saturated rings. The van der Waals surface area contributed by atoms with E-state index in [9.17, 15) is 8.42 Å². The lowest BCUT2D eigenvalue weighted by Crippen LogP contribution is -2.20. The molecular formula is C28H41Cl2NO4S. The second-order valence-electron chi connectivity index (χ2n) is 9.47. The lowest BCUT2D eigenvalue weighted by Gasteiger charge is -2.30. The number of unbranched alkanes of at least 4 members (excludes halogenated alkanes) is 9. The lowest BCUT2D eigenvalue weighted by atomic mass is 9.77. The van der Waals surface area contributed by atoms with Crippen LogP contribution in [0.1, 0.15) is 113 Å². The molecule has 0 spiro atoms. The van der Waals surface area contributed by atoms with Crippen LogP contribution < -0.4 is 5.73 Å². The molecule has 2 atom stereocenters. The van der Waals surface area contributed by atoms with Crippen molar-refractivity contribution in [1.29, 1.82) is 0 Å². The van der Waals surface area contributed by atoms with Crippen molar-refractivity contribution in [1.82, 2.24) is 0 Å². The molecule has 0 saturated heterocycles. The standard InChI is InChI=1S/C16H15Cl2N.C12H26O4S/c17-14-7-5-10(9-15(14)18)11-6-8-16(19)13-4-2-1-3-12(11)13;1-2-3-4-5-6-7-8-9-10-11-12-16-17(13,14)15/h1-5,7,9,11,16H,6,8,19H2;2-12H2,1H3,(H,13,14,15)/t11-,16-;/m0./s1. The number of nitrogens with two attached hydrogens (primary N) is 1. The summed E-state index contributed by atoms with van der Waals surface area (Å²) in [5.74, 6) is 0.366. The molecule has 0 saturated carbocycles. The largest absolute Gasteiger partial charge is 0.397 e. The third kappa shape index (κ3) is 11.5. The number of rotatable bonds is 13. The zero-order chi connectivity index (χ0) is 26.4. The molecular weight excluding hydrogens is 517 g/mol. The van der Waals surface area contributed by atoms with E-state index in [1.807, 2.05) is 12.1 Å². The van der Waals surface area contributed by atoms with E-state index in [4.69, 9.17) is 33.5 Å². The molecule has 0 bridgehead atoms. The molecule has 2 aromatic carbocycles. The van der Waals surface area contributed by atoms with Gasteiger partial charge in [0.25, 0.3) is 0 Å². The van der Waals surface area contributed by atoms with Gasteiger partial charge in [-0.2, -0.15) is 8.42 Å². The minimum absolute atomic E-state index is 0.0926. The molecule has 0 aliphatic heterocycles. The number of hydrogen-bond acceptors (Lipinski definition) is 4. The Hall–Kier alpha value is -1.15. The second kappa shape index (κ2) is 16.6. The quantitative estimate of drug-likeness (QED) is 0.190. The average molecular weight is 559 g/mol. The summed E-state index contributed by atoms with van der Waals surface area (Å²) in [6.07, 6.45) is 13.9. The smallest absolute Gasteiger partial charge is 0.324 e. The number of fused-ring (bicyclic) bond motifs is 1. The van der Waals surface area contributed by atoms with E-state index >= 15 is 0 Å². The molecule has 0 amide bonds. The highest BCUT2D eigenvalue weighted by Gasteiger charge is 2.26. The third-order valence-electron chi connectivity index (χ3n) is 6.61. The van der Waals surface area contributed by atoms with E-state index in [0.717, 1.165) is 25.7 Å². The van der Waals surface area contributed by atoms with Crippen LogP contribution >= 0.6 is 23.2 Å². The van der Waals surface area contributed by atoms with Gasteiger partial charge < -0.3 is 5.73 Å². The molecule has 5 nitrogen and oxygen atoms in total. The third-order valence-corrected chi connectivity index (χ3v) is 7.82. The number of benzene rings is 2. The minimum Gasteiger partial charge on any atom is -0.324 e. The summed E-state index contributed by atoms with van der Waals surface area (Å²) in [6.45, 7) is 2.31. The summed E-state index contributed by atoms with van der Waals surface area (Å²) >= 11 is 12.1. The number of hydrogen-bond donors (Lipinski definition) is 2. The van der Waals surface area contributed by atoms with E-state index in [2.05, 4.69) is 41.4 Å². The van der Waals surface area contributed by atoms with Crippen molar-refractivity contribution in [3.8, 4) is 0 Å². The highest BCUT2D eigenvalue weighted by atomic mass is 35.5. The molecule has 0 unspecified atom stereocenters. The average Bonchev–Trinajstić information content (AvgIpc) is 2.84. The highest BCUT2D eigenvalue weighted by molar-refractivity contribution is 7.80. The zero-order valence-corrected chi connectivity index (χ0v) is 23.6. The summed E-state index contributed by atoms with van der Waals surface area (Å²) in [7, 11) is -4.23. The predicted molar refractivity (Wildman–Crippen MR) is 150 cm³/mol. The van der Waals surface area contributed by atoms with Gasteiger partial charge in [-0.3, -0.25) is 4.55 Å². The first-order valence-corrected chi connectivity index (χ1v) is 15.3. The van der Waals surface area contributed by atoms with Gasteiger partial charge in [0.05, 0.1) is 16.7 Å². The van der Waals surface area contributed by atoms with Crippen LogP contribution in [0.5, 0.6) is 0 Å². The first-order chi connectivity index (χ1) is 17.2. The second-order valence-corrected chi connectivity index (χ2v) is 11.4. The molecule has 2 aromatic rings. The summed E-state index contributed by atoms with van der Waals surface area (Å²) in [5.41, 5.74) is 9.98. The normalized spacial score (nSPS) is 17.2. The summed E-state index contributed by atoms with van der Waals surface area (Å²) in [5, 5.41) is 1.22. The van der Waals surface area contributed by atoms with Gasteiger partial charge in [-0.05, 0) is 48.1 Å². The Labute approximate surface area is 227 Å². The topological polar surface area (TPSA) is 89.6 Å². The van der Waals surface area contributed by atoms with Crippen molar-refractivity contribution in [2.24, 2.45) is 5.73 Å². The van der Waals surface area contributed by atoms with Crippen molar-refractivity contribution in [2.45, 2.75) is 95.9 Å². The molecule has 0 radical (unpaired) electrons. The van der Waals surface area contributed by atoms with Crippen LogP contribution in [-0.4, -0.2) is 19.6 Å². The van der Waals surface area contributed by atoms with E-state index < -0.39 is 10.4 Å². The highest BCUT2D eigenvalue weighted by Crippen LogP contribution is 2.41. The van der Waals surface area contributed by atoms with Crippen molar-refractivity contribution >= 4 is 33.6 Å². The Morgan fingerprint density at radius 2 is 1.44 bits per heavy atom. The van der Waals surface area contributed by atoms with Gasteiger partial charge in [-0.1, -0.05) is 118 Å². The van der Waals surface area contributed by atoms with E-state index in [1.54, 1.807) is 0 Å². The van der Waals surface area contributed by atoms with Crippen LogP contribution in [0.25, 0.3) is 0 Å². The van der Waals surface area contributed by atoms with Crippen LogP contribution in [0.2, 0.25) is 10.0 Å². The summed E-state index contributed by atoms with van der Waals surface area (Å²) in [6, 6.07) is 14.5. The molecule has 0 aromatic heterocycles. The first kappa shape index (κ1) is 31.1. The Morgan fingerprint density at radius 3 is 2.03 bits per heavy atom. The van der Waals surface area contributed by atoms with E-state index in [-0.39, 0.29) is 12.6 Å². The van der Waals surface area contributed by atoms with Crippen molar-refractivity contribution < 1.29 is 17.2 Å². The van der Waals surface area contributed by atoms with Crippen LogP contribution in [0.15, 0.2) is 42.5 Å². The van der Waals surface area contributed by atoms with Crippen LogP contribution in [0, 0.1) is 0 Å². The molecule has 202 valence electrons. The van der Waals surface area contributed by atoms with Gasteiger partial charge in [0, 0.05) is 12.0 Å². The number of halogens is 2. The maximum Gasteiger partial charge on any atom is 0.397 e. The first-order valence-electron chi connectivity index (χ1n) is 13.1. The molecule has 3 rings (SSSR count). The molecule has 8 heteroatoms. The van der Waals surface area contributed by atoms with Crippen molar-refractivity contribution in [3.05, 3.63) is 69.2 Å². The predicted octanol–water partition coefficient (Wildman–Crippen LogP) is 8.65. The van der Waals surface area contributed by atoms with Gasteiger partial charge in [0.15, 0.2) is 0 Å². The van der Waals surface area contributed by atoms with Gasteiger partial charge >= 0.3 is 10.4 Å². The van der Waals surface area contributed by atoms with Crippen LogP contribution in [0.4, 0.5) is 0 Å².